The van der Waals surface area contributed by atoms with Gasteiger partial charge in [0.05, 0.1) is 0 Å². The van der Waals surface area contributed by atoms with E-state index in [2.05, 4.69) is 10.4 Å². The van der Waals surface area contributed by atoms with Gasteiger partial charge >= 0.3 is 0 Å². The van der Waals surface area contributed by atoms with Crippen molar-refractivity contribution in [1.29, 1.82) is 0 Å². The molecule has 1 aliphatic heterocycles. The first kappa shape index (κ1) is 16.2. The maximum absolute atomic E-state index is 11.8. The first-order valence-corrected chi connectivity index (χ1v) is 5.21. The summed E-state index contributed by atoms with van der Waals surface area (Å²) in [6.07, 6.45) is 4.53. The Morgan fingerprint density at radius 3 is 2.88 bits per heavy atom. The molecule has 0 bridgehead atoms. The highest BCUT2D eigenvalue weighted by atomic mass is 35.5. The lowest BCUT2D eigenvalue weighted by molar-refractivity contribution is -0.132. The zero-order valence-electron chi connectivity index (χ0n) is 9.70. The van der Waals surface area contributed by atoms with Crippen LogP contribution in [0.4, 0.5) is 0 Å². The van der Waals surface area contributed by atoms with Crippen LogP contribution in [0, 0.1) is 0 Å². The highest BCUT2D eigenvalue weighted by Crippen LogP contribution is 2.06. The molecular weight excluding hydrogens is 263 g/mol. The van der Waals surface area contributed by atoms with Crippen LogP contribution in [-0.4, -0.2) is 46.8 Å². The van der Waals surface area contributed by atoms with Crippen LogP contribution in [0.15, 0.2) is 18.5 Å². The van der Waals surface area contributed by atoms with E-state index in [1.165, 1.54) is 0 Å². The minimum atomic E-state index is 0. The Hall–Kier alpha value is -0.780. The molecule has 7 heteroatoms. The fraction of sp³-hybridized carbons (Fsp3) is 0.600. The number of hydrogen-bond acceptors (Lipinski definition) is 3. The van der Waals surface area contributed by atoms with Crippen LogP contribution >= 0.6 is 24.8 Å². The lowest BCUT2D eigenvalue weighted by atomic mass is 10.2. The summed E-state index contributed by atoms with van der Waals surface area (Å²) in [6, 6.07) is 2.16. The first-order chi connectivity index (χ1) is 7.27. The number of nitrogens with zero attached hydrogens (tertiary/aromatic N) is 3. The maximum atomic E-state index is 11.8. The van der Waals surface area contributed by atoms with E-state index in [0.29, 0.717) is 12.6 Å². The van der Waals surface area contributed by atoms with Gasteiger partial charge in [-0.1, -0.05) is 0 Å². The van der Waals surface area contributed by atoms with Crippen LogP contribution < -0.4 is 5.32 Å². The second-order valence-electron chi connectivity index (χ2n) is 3.85. The number of amides is 1. The lowest BCUT2D eigenvalue weighted by Gasteiger charge is -2.23. The molecule has 1 aliphatic rings. The molecule has 1 saturated heterocycles. The average molecular weight is 281 g/mol. The Morgan fingerprint density at radius 1 is 1.59 bits per heavy atom. The van der Waals surface area contributed by atoms with Crippen molar-refractivity contribution in [3.63, 3.8) is 0 Å². The molecule has 98 valence electrons. The Labute approximate surface area is 113 Å². The fourth-order valence-corrected chi connectivity index (χ4v) is 1.82. The van der Waals surface area contributed by atoms with Crippen molar-refractivity contribution >= 4 is 30.7 Å². The Bertz CT molecular complexity index is 325. The Morgan fingerprint density at radius 2 is 2.35 bits per heavy atom. The van der Waals surface area contributed by atoms with Gasteiger partial charge in [-0.25, -0.2) is 0 Å². The predicted octanol–water partition coefficient (Wildman–Crippen LogP) is 0.547. The Kier molecular flexibility index (Phi) is 7.18. The van der Waals surface area contributed by atoms with Crippen molar-refractivity contribution in [2.45, 2.75) is 19.0 Å². The molecule has 0 saturated carbocycles. The first-order valence-electron chi connectivity index (χ1n) is 5.21. The van der Waals surface area contributed by atoms with Gasteiger partial charge in [0, 0.05) is 32.0 Å². The summed E-state index contributed by atoms with van der Waals surface area (Å²) in [7, 11) is 1.86. The second kappa shape index (κ2) is 7.53. The highest BCUT2D eigenvalue weighted by molar-refractivity contribution is 5.85. The number of halogens is 2. The van der Waals surface area contributed by atoms with Crippen LogP contribution in [0.1, 0.15) is 6.42 Å². The van der Waals surface area contributed by atoms with Crippen molar-refractivity contribution in [3.8, 4) is 0 Å². The number of aromatic nitrogens is 2. The van der Waals surface area contributed by atoms with Gasteiger partial charge < -0.3 is 10.2 Å². The second-order valence-corrected chi connectivity index (χ2v) is 3.85. The molecule has 17 heavy (non-hydrogen) atoms. The van der Waals surface area contributed by atoms with E-state index in [4.69, 9.17) is 0 Å². The number of rotatable bonds is 3. The van der Waals surface area contributed by atoms with Crippen LogP contribution in [0.2, 0.25) is 0 Å². The lowest BCUT2D eigenvalue weighted by Crippen LogP contribution is -2.40. The highest BCUT2D eigenvalue weighted by Gasteiger charge is 2.22. The largest absolute Gasteiger partial charge is 0.340 e. The average Bonchev–Trinajstić information content (AvgIpc) is 2.88. The molecule has 1 fully saturated rings. The predicted molar refractivity (Wildman–Crippen MR) is 70.8 cm³/mol. The van der Waals surface area contributed by atoms with Gasteiger partial charge in [0.2, 0.25) is 5.91 Å². The van der Waals surface area contributed by atoms with Crippen LogP contribution in [0.3, 0.4) is 0 Å². The molecule has 1 atom stereocenters. The molecule has 0 radical (unpaired) electrons. The molecular formula is C10H18Cl2N4O. The fourth-order valence-electron chi connectivity index (χ4n) is 1.82. The summed E-state index contributed by atoms with van der Waals surface area (Å²) < 4.78 is 1.65. The quantitative estimate of drug-likeness (QED) is 0.880. The van der Waals surface area contributed by atoms with E-state index in [0.717, 1.165) is 19.5 Å². The van der Waals surface area contributed by atoms with Gasteiger partial charge in [-0.2, -0.15) is 5.10 Å². The summed E-state index contributed by atoms with van der Waals surface area (Å²) in [4.78, 5) is 13.7. The summed E-state index contributed by atoms with van der Waals surface area (Å²) >= 11 is 0. The van der Waals surface area contributed by atoms with E-state index in [-0.39, 0.29) is 30.7 Å². The molecule has 1 aromatic rings. The van der Waals surface area contributed by atoms with Crippen molar-refractivity contribution < 1.29 is 4.79 Å². The van der Waals surface area contributed by atoms with Crippen LogP contribution in [0.5, 0.6) is 0 Å². The normalized spacial score (nSPS) is 18.1. The summed E-state index contributed by atoms with van der Waals surface area (Å²) in [5.41, 5.74) is 0. The number of carbonyl (C=O) groups excluding carboxylic acids is 1. The molecule has 1 aromatic heterocycles. The van der Waals surface area contributed by atoms with Crippen molar-refractivity contribution in [1.82, 2.24) is 20.0 Å². The van der Waals surface area contributed by atoms with Crippen molar-refractivity contribution in [2.24, 2.45) is 0 Å². The third-order valence-corrected chi connectivity index (χ3v) is 2.83. The van der Waals surface area contributed by atoms with Gasteiger partial charge in [-0.15, -0.1) is 24.8 Å². The van der Waals surface area contributed by atoms with Gasteiger partial charge in [0.1, 0.15) is 6.54 Å². The van der Waals surface area contributed by atoms with Crippen molar-refractivity contribution in [2.75, 3.05) is 20.1 Å². The van der Waals surface area contributed by atoms with E-state index >= 15 is 0 Å². The summed E-state index contributed by atoms with van der Waals surface area (Å²) in [6.45, 7) is 2.24. The van der Waals surface area contributed by atoms with Crippen LogP contribution in [-0.2, 0) is 11.3 Å². The third-order valence-electron chi connectivity index (χ3n) is 2.83. The van der Waals surface area contributed by atoms with E-state index in [1.54, 1.807) is 17.1 Å². The summed E-state index contributed by atoms with van der Waals surface area (Å²) in [5.74, 6) is 0.118. The molecule has 1 amide bonds. The van der Waals surface area contributed by atoms with Crippen LogP contribution in [0.25, 0.3) is 0 Å². The van der Waals surface area contributed by atoms with Gasteiger partial charge in [-0.05, 0) is 19.0 Å². The van der Waals surface area contributed by atoms with E-state index < -0.39 is 0 Å². The van der Waals surface area contributed by atoms with Gasteiger partial charge in [0.25, 0.3) is 0 Å². The molecule has 1 unspecified atom stereocenters. The maximum Gasteiger partial charge on any atom is 0.244 e. The molecule has 1 N–H and O–H groups in total. The third kappa shape index (κ3) is 4.18. The van der Waals surface area contributed by atoms with E-state index in [9.17, 15) is 4.79 Å². The number of nitrogens with one attached hydrogen (secondary N) is 1. The molecule has 0 spiro atoms. The Balaban J connectivity index is 0.00000128. The SMILES string of the molecule is CN(C(=O)Cn1cccn1)C1CCNC1.Cl.Cl. The number of likely N-dealkylation sites (N-methyl/N-ethyl adjacent to an activating group) is 1. The summed E-state index contributed by atoms with van der Waals surface area (Å²) in [5, 5.41) is 7.27. The minimum absolute atomic E-state index is 0. The van der Waals surface area contributed by atoms with Gasteiger partial charge in [0.15, 0.2) is 0 Å². The zero-order valence-corrected chi connectivity index (χ0v) is 11.3. The minimum Gasteiger partial charge on any atom is -0.340 e. The molecule has 2 rings (SSSR count). The number of hydrogen-bond donors (Lipinski definition) is 1. The number of carbonyl (C=O) groups is 1. The standard InChI is InChI=1S/C10H16N4O.2ClH/c1-13(9-3-5-11-7-9)10(15)8-14-6-2-4-12-14;;/h2,4,6,9,11H,3,5,7-8H2,1H3;2*1H. The van der Waals surface area contributed by atoms with Gasteiger partial charge in [-0.3, -0.25) is 9.48 Å². The monoisotopic (exact) mass is 280 g/mol. The molecule has 0 aliphatic carbocycles. The molecule has 2 heterocycles. The molecule has 5 nitrogen and oxygen atoms in total. The smallest absolute Gasteiger partial charge is 0.244 e. The van der Waals surface area contributed by atoms with E-state index in [1.807, 2.05) is 18.0 Å². The molecule has 0 aromatic carbocycles. The van der Waals surface area contributed by atoms with Crippen molar-refractivity contribution in [3.05, 3.63) is 18.5 Å². The zero-order chi connectivity index (χ0) is 10.7. The topological polar surface area (TPSA) is 50.2 Å².